The maximum absolute atomic E-state index is 12.1. The summed E-state index contributed by atoms with van der Waals surface area (Å²) in [6.07, 6.45) is 3.50. The Labute approximate surface area is 175 Å². The first-order valence-electron chi connectivity index (χ1n) is 8.74. The van der Waals surface area contributed by atoms with Crippen LogP contribution in [0.5, 0.6) is 0 Å². The van der Waals surface area contributed by atoms with Crippen molar-refractivity contribution in [1.82, 2.24) is 24.9 Å². The SMILES string of the molecule is Cc1ccn(-c2ccc(-n3cc(CNC(=O)c4ccc(Cl)s4)nn3)cc2)c(=O)c1. The van der Waals surface area contributed by atoms with Gasteiger partial charge in [-0.1, -0.05) is 16.8 Å². The zero-order chi connectivity index (χ0) is 20.4. The number of hydrogen-bond donors (Lipinski definition) is 1. The monoisotopic (exact) mass is 425 g/mol. The van der Waals surface area contributed by atoms with Crippen molar-refractivity contribution in [1.29, 1.82) is 0 Å². The number of benzene rings is 1. The van der Waals surface area contributed by atoms with Gasteiger partial charge in [0.25, 0.3) is 11.5 Å². The molecule has 4 rings (SSSR count). The van der Waals surface area contributed by atoms with Gasteiger partial charge in [0.15, 0.2) is 0 Å². The predicted octanol–water partition coefficient (Wildman–Crippen LogP) is 3.37. The number of halogens is 1. The van der Waals surface area contributed by atoms with Crippen LogP contribution in [0.25, 0.3) is 11.4 Å². The van der Waals surface area contributed by atoms with E-state index in [1.807, 2.05) is 37.3 Å². The van der Waals surface area contributed by atoms with Crippen molar-refractivity contribution in [2.75, 3.05) is 0 Å². The lowest BCUT2D eigenvalue weighted by Gasteiger charge is -2.07. The fourth-order valence-electron chi connectivity index (χ4n) is 2.76. The second-order valence-corrected chi connectivity index (χ2v) is 8.08. The molecule has 1 amide bonds. The molecule has 1 aromatic carbocycles. The van der Waals surface area contributed by atoms with Crippen LogP contribution in [0.3, 0.4) is 0 Å². The third kappa shape index (κ3) is 4.28. The number of pyridine rings is 1. The van der Waals surface area contributed by atoms with Crippen LogP contribution in [0.1, 0.15) is 20.9 Å². The number of rotatable bonds is 5. The number of aromatic nitrogens is 4. The molecule has 0 aliphatic heterocycles. The Hall–Kier alpha value is -3.23. The third-order valence-corrected chi connectivity index (χ3v) is 5.47. The molecule has 0 bridgehead atoms. The molecule has 0 saturated heterocycles. The molecule has 0 radical (unpaired) electrons. The van der Waals surface area contributed by atoms with E-state index in [1.165, 1.54) is 11.3 Å². The summed E-state index contributed by atoms with van der Waals surface area (Å²) in [5, 5.41) is 11.0. The molecule has 0 saturated carbocycles. The Bertz CT molecular complexity index is 1230. The summed E-state index contributed by atoms with van der Waals surface area (Å²) >= 11 is 7.07. The fraction of sp³-hybridized carbons (Fsp3) is 0.100. The van der Waals surface area contributed by atoms with Crippen LogP contribution in [0.2, 0.25) is 4.34 Å². The molecule has 146 valence electrons. The number of aryl methyl sites for hydroxylation is 1. The maximum Gasteiger partial charge on any atom is 0.261 e. The number of carbonyl (C=O) groups is 1. The molecule has 0 fully saturated rings. The predicted molar refractivity (Wildman–Crippen MR) is 112 cm³/mol. The number of hydrogen-bond acceptors (Lipinski definition) is 5. The Balaban J connectivity index is 1.45. The highest BCUT2D eigenvalue weighted by Crippen LogP contribution is 2.21. The van der Waals surface area contributed by atoms with Crippen molar-refractivity contribution in [2.24, 2.45) is 0 Å². The van der Waals surface area contributed by atoms with Crippen molar-refractivity contribution < 1.29 is 4.79 Å². The molecule has 4 aromatic rings. The van der Waals surface area contributed by atoms with Gasteiger partial charge in [-0.3, -0.25) is 14.2 Å². The summed E-state index contributed by atoms with van der Waals surface area (Å²) in [6.45, 7) is 2.14. The minimum atomic E-state index is -0.204. The summed E-state index contributed by atoms with van der Waals surface area (Å²) in [6, 6.07) is 14.2. The normalized spacial score (nSPS) is 10.8. The maximum atomic E-state index is 12.1. The molecular formula is C20H16ClN5O2S. The van der Waals surface area contributed by atoms with Crippen molar-refractivity contribution in [3.63, 3.8) is 0 Å². The van der Waals surface area contributed by atoms with Crippen molar-refractivity contribution in [2.45, 2.75) is 13.5 Å². The van der Waals surface area contributed by atoms with Gasteiger partial charge in [-0.25, -0.2) is 4.68 Å². The highest BCUT2D eigenvalue weighted by atomic mass is 35.5. The minimum Gasteiger partial charge on any atom is -0.346 e. The molecule has 1 N–H and O–H groups in total. The molecule has 0 spiro atoms. The quantitative estimate of drug-likeness (QED) is 0.531. The summed E-state index contributed by atoms with van der Waals surface area (Å²) in [7, 11) is 0. The van der Waals surface area contributed by atoms with Gasteiger partial charge in [0.1, 0.15) is 5.69 Å². The average molecular weight is 426 g/mol. The van der Waals surface area contributed by atoms with E-state index in [9.17, 15) is 9.59 Å². The largest absolute Gasteiger partial charge is 0.346 e. The first kappa shape index (κ1) is 19.1. The number of nitrogens with zero attached hydrogens (tertiary/aromatic N) is 4. The topological polar surface area (TPSA) is 81.8 Å². The molecule has 3 aromatic heterocycles. The van der Waals surface area contributed by atoms with Crippen LogP contribution < -0.4 is 10.9 Å². The second-order valence-electron chi connectivity index (χ2n) is 6.37. The van der Waals surface area contributed by atoms with Crippen LogP contribution >= 0.6 is 22.9 Å². The van der Waals surface area contributed by atoms with E-state index in [-0.39, 0.29) is 18.0 Å². The van der Waals surface area contributed by atoms with Crippen LogP contribution in [0, 0.1) is 6.92 Å². The molecule has 0 aliphatic rings. The highest BCUT2D eigenvalue weighted by Gasteiger charge is 2.10. The lowest BCUT2D eigenvalue weighted by atomic mass is 10.2. The smallest absolute Gasteiger partial charge is 0.261 e. The zero-order valence-electron chi connectivity index (χ0n) is 15.4. The number of nitrogens with one attached hydrogen (secondary N) is 1. The van der Waals surface area contributed by atoms with Crippen LogP contribution in [0.4, 0.5) is 0 Å². The van der Waals surface area contributed by atoms with Gasteiger partial charge in [0.05, 0.1) is 27.6 Å². The molecule has 0 atom stereocenters. The van der Waals surface area contributed by atoms with E-state index in [4.69, 9.17) is 11.6 Å². The van der Waals surface area contributed by atoms with Gasteiger partial charge < -0.3 is 5.32 Å². The Morgan fingerprint density at radius 2 is 1.90 bits per heavy atom. The van der Waals surface area contributed by atoms with Gasteiger partial charge >= 0.3 is 0 Å². The minimum absolute atomic E-state index is 0.0800. The van der Waals surface area contributed by atoms with Crippen LogP contribution in [0.15, 0.2) is 65.7 Å². The summed E-state index contributed by atoms with van der Waals surface area (Å²) in [5.41, 5.74) is 3.03. The lowest BCUT2D eigenvalue weighted by molar-refractivity contribution is 0.0954. The molecule has 0 unspecified atom stereocenters. The molecule has 29 heavy (non-hydrogen) atoms. The standard InChI is InChI=1S/C20H16ClN5O2S/c1-13-8-9-25(19(27)10-13)15-2-4-16(5-3-15)26-12-14(23-24-26)11-22-20(28)17-6-7-18(21)29-17/h2-10,12H,11H2,1H3,(H,22,28). The van der Waals surface area contributed by atoms with E-state index >= 15 is 0 Å². The second kappa shape index (κ2) is 8.02. The molecule has 3 heterocycles. The van der Waals surface area contributed by atoms with Crippen molar-refractivity contribution in [3.8, 4) is 11.4 Å². The van der Waals surface area contributed by atoms with Crippen LogP contribution in [-0.2, 0) is 6.54 Å². The lowest BCUT2D eigenvalue weighted by Crippen LogP contribution is -2.21. The van der Waals surface area contributed by atoms with Gasteiger partial charge in [-0.2, -0.15) is 0 Å². The van der Waals surface area contributed by atoms with Gasteiger partial charge in [0.2, 0.25) is 0 Å². The highest BCUT2D eigenvalue weighted by molar-refractivity contribution is 7.17. The molecular weight excluding hydrogens is 410 g/mol. The summed E-state index contributed by atoms with van der Waals surface area (Å²) in [4.78, 5) is 24.8. The van der Waals surface area contributed by atoms with Crippen molar-refractivity contribution in [3.05, 3.63) is 91.7 Å². The summed E-state index contributed by atoms with van der Waals surface area (Å²) < 4.78 is 3.76. The number of carbonyl (C=O) groups excluding carboxylic acids is 1. The fourth-order valence-corrected chi connectivity index (χ4v) is 3.72. The zero-order valence-corrected chi connectivity index (χ0v) is 16.9. The first-order valence-corrected chi connectivity index (χ1v) is 9.94. The number of amides is 1. The Morgan fingerprint density at radius 3 is 2.59 bits per heavy atom. The third-order valence-electron chi connectivity index (χ3n) is 4.24. The number of thiophene rings is 1. The van der Waals surface area contributed by atoms with Crippen LogP contribution in [-0.4, -0.2) is 25.5 Å². The molecule has 9 heteroatoms. The first-order chi connectivity index (χ1) is 14.0. The average Bonchev–Trinajstić information content (AvgIpc) is 3.36. The van der Waals surface area contributed by atoms with Crippen molar-refractivity contribution >= 4 is 28.8 Å². The van der Waals surface area contributed by atoms with E-state index in [0.717, 1.165) is 16.9 Å². The van der Waals surface area contributed by atoms with E-state index in [2.05, 4.69) is 15.6 Å². The van der Waals surface area contributed by atoms with Gasteiger partial charge in [0, 0.05) is 18.0 Å². The summed E-state index contributed by atoms with van der Waals surface area (Å²) in [5.74, 6) is -0.204. The molecule has 0 aliphatic carbocycles. The van der Waals surface area contributed by atoms with E-state index in [0.29, 0.717) is 14.9 Å². The van der Waals surface area contributed by atoms with Gasteiger partial charge in [-0.15, -0.1) is 16.4 Å². The Morgan fingerprint density at radius 1 is 1.14 bits per heavy atom. The van der Waals surface area contributed by atoms with E-state index < -0.39 is 0 Å². The van der Waals surface area contributed by atoms with Gasteiger partial charge in [-0.05, 0) is 55.0 Å². The molecule has 7 nitrogen and oxygen atoms in total. The van der Waals surface area contributed by atoms with E-state index in [1.54, 1.807) is 39.8 Å². The Kier molecular flexibility index (Phi) is 5.28.